The van der Waals surface area contributed by atoms with Gasteiger partial charge in [-0.05, 0) is 58.7 Å². The van der Waals surface area contributed by atoms with Gasteiger partial charge in [0.05, 0.1) is 17.3 Å². The van der Waals surface area contributed by atoms with E-state index in [1.165, 1.54) is 0 Å². The number of ether oxygens (including phenoxy) is 1. The Morgan fingerprint density at radius 3 is 2.80 bits per heavy atom. The highest BCUT2D eigenvalue weighted by molar-refractivity contribution is 5.84. The minimum Gasteiger partial charge on any atom is -0.444 e. The van der Waals surface area contributed by atoms with Crippen LogP contribution in [0.15, 0.2) is 23.2 Å². The largest absolute Gasteiger partial charge is 0.444 e. The summed E-state index contributed by atoms with van der Waals surface area (Å²) in [4.78, 5) is 18.7. The van der Waals surface area contributed by atoms with Crippen LogP contribution in [0.5, 0.6) is 0 Å². The summed E-state index contributed by atoms with van der Waals surface area (Å²) in [5, 5.41) is 2.92. The molecule has 1 aromatic rings. The molecule has 0 bridgehead atoms. The highest BCUT2D eigenvalue weighted by Crippen LogP contribution is 2.21. The zero-order chi connectivity index (χ0) is 18.6. The fourth-order valence-electron chi connectivity index (χ4n) is 2.75. The molecule has 1 aliphatic rings. The Morgan fingerprint density at radius 1 is 1.44 bits per heavy atom. The zero-order valence-electron chi connectivity index (χ0n) is 15.7. The molecule has 0 spiro atoms. The number of aryl methyl sites for hydroxylation is 1. The fourth-order valence-corrected chi connectivity index (χ4v) is 2.75. The van der Waals surface area contributed by atoms with Crippen molar-refractivity contribution in [3.05, 3.63) is 29.3 Å². The predicted octanol–water partition coefficient (Wildman–Crippen LogP) is 3.63. The van der Waals surface area contributed by atoms with E-state index in [1.54, 1.807) is 0 Å². The minimum atomic E-state index is -0.489. The number of terminal acetylenes is 1. The van der Waals surface area contributed by atoms with Gasteiger partial charge in [0.2, 0.25) is 0 Å². The average Bonchev–Trinajstić information content (AvgIpc) is 2.95. The van der Waals surface area contributed by atoms with Gasteiger partial charge in [0.15, 0.2) is 0 Å². The second kappa shape index (κ2) is 7.60. The summed E-state index contributed by atoms with van der Waals surface area (Å²) >= 11 is 0. The maximum Gasteiger partial charge on any atom is 0.407 e. The maximum atomic E-state index is 11.9. The number of carbonyl (C=O) groups excluding carboxylic acids is 1. The van der Waals surface area contributed by atoms with Crippen LogP contribution in [0.4, 0.5) is 10.5 Å². The Kier molecular flexibility index (Phi) is 5.73. The molecule has 0 aromatic heterocycles. The lowest BCUT2D eigenvalue weighted by Gasteiger charge is -2.22. The zero-order valence-corrected chi connectivity index (χ0v) is 15.7. The van der Waals surface area contributed by atoms with Crippen LogP contribution in [0.2, 0.25) is 0 Å². The SMILES string of the molecule is C#Cc1cc(C)ccc1N=C(C)N1CC[C@@H](NC(=O)OC(C)(C)C)C1. The second-order valence-electron chi connectivity index (χ2n) is 7.40. The number of nitrogens with zero attached hydrogens (tertiary/aromatic N) is 2. The lowest BCUT2D eigenvalue weighted by Crippen LogP contribution is -2.41. The van der Waals surface area contributed by atoms with Gasteiger partial charge >= 0.3 is 6.09 Å². The van der Waals surface area contributed by atoms with Crippen molar-refractivity contribution in [2.45, 2.75) is 52.7 Å². The monoisotopic (exact) mass is 341 g/mol. The van der Waals surface area contributed by atoms with Gasteiger partial charge in [0.1, 0.15) is 11.4 Å². The number of amidine groups is 1. The number of nitrogens with one attached hydrogen (secondary N) is 1. The Morgan fingerprint density at radius 2 is 2.16 bits per heavy atom. The van der Waals surface area contributed by atoms with E-state index in [0.29, 0.717) is 6.54 Å². The first kappa shape index (κ1) is 18.9. The van der Waals surface area contributed by atoms with Crippen LogP contribution in [0.25, 0.3) is 0 Å². The molecular weight excluding hydrogens is 314 g/mol. The van der Waals surface area contributed by atoms with E-state index in [9.17, 15) is 4.79 Å². The summed E-state index contributed by atoms with van der Waals surface area (Å²) in [7, 11) is 0. The minimum absolute atomic E-state index is 0.0603. The smallest absolute Gasteiger partial charge is 0.407 e. The Hall–Kier alpha value is -2.48. The van der Waals surface area contributed by atoms with Crippen molar-refractivity contribution in [3.8, 4) is 12.3 Å². The van der Waals surface area contributed by atoms with Crippen molar-refractivity contribution in [1.82, 2.24) is 10.2 Å². The van der Waals surface area contributed by atoms with Crippen LogP contribution in [0, 0.1) is 19.3 Å². The Labute approximate surface area is 150 Å². The van der Waals surface area contributed by atoms with Crippen molar-refractivity contribution in [1.29, 1.82) is 0 Å². The third-order valence-electron chi connectivity index (χ3n) is 3.96. The van der Waals surface area contributed by atoms with Gasteiger partial charge in [-0.2, -0.15) is 0 Å². The first-order valence-electron chi connectivity index (χ1n) is 8.55. The number of amides is 1. The number of aliphatic imine (C=N–C) groups is 1. The second-order valence-corrected chi connectivity index (χ2v) is 7.40. The highest BCUT2D eigenvalue weighted by atomic mass is 16.6. The molecule has 1 N–H and O–H groups in total. The van der Waals surface area contributed by atoms with Crippen LogP contribution in [-0.4, -0.2) is 41.6 Å². The maximum absolute atomic E-state index is 11.9. The first-order valence-corrected chi connectivity index (χ1v) is 8.55. The molecule has 1 saturated heterocycles. The van der Waals surface area contributed by atoms with Crippen LogP contribution in [0.3, 0.4) is 0 Å². The average molecular weight is 341 g/mol. The van der Waals surface area contributed by atoms with E-state index in [1.807, 2.05) is 52.8 Å². The van der Waals surface area contributed by atoms with Gasteiger partial charge in [0, 0.05) is 13.1 Å². The van der Waals surface area contributed by atoms with Gasteiger partial charge in [0.25, 0.3) is 0 Å². The standard InChI is InChI=1S/C20H27N3O2/c1-7-16-12-14(2)8-9-18(16)21-15(3)23-11-10-17(13-23)22-19(24)25-20(4,5)6/h1,8-9,12,17H,10-11,13H2,2-6H3,(H,22,24)/t17-/m1/s1. The molecule has 1 fully saturated rings. The fraction of sp³-hybridized carbons (Fsp3) is 0.500. The van der Waals surface area contributed by atoms with Crippen molar-refractivity contribution in [3.63, 3.8) is 0 Å². The van der Waals surface area contributed by atoms with Crippen LogP contribution in [-0.2, 0) is 4.74 Å². The van der Waals surface area contributed by atoms with Gasteiger partial charge in [-0.25, -0.2) is 9.79 Å². The van der Waals surface area contributed by atoms with Crippen molar-refractivity contribution < 1.29 is 9.53 Å². The molecule has 25 heavy (non-hydrogen) atoms. The van der Waals surface area contributed by atoms with Crippen LogP contribution < -0.4 is 5.32 Å². The molecule has 1 atom stereocenters. The highest BCUT2D eigenvalue weighted by Gasteiger charge is 2.26. The molecule has 2 rings (SSSR count). The van der Waals surface area contributed by atoms with E-state index >= 15 is 0 Å². The predicted molar refractivity (Wildman–Crippen MR) is 101 cm³/mol. The van der Waals surface area contributed by atoms with E-state index in [2.05, 4.69) is 21.1 Å². The summed E-state index contributed by atoms with van der Waals surface area (Å²) in [6, 6.07) is 5.97. The van der Waals surface area contributed by atoms with Crippen molar-refractivity contribution >= 4 is 17.6 Å². The van der Waals surface area contributed by atoms with Crippen LogP contribution in [0.1, 0.15) is 45.2 Å². The number of likely N-dealkylation sites (tertiary alicyclic amines) is 1. The van der Waals surface area contributed by atoms with Crippen LogP contribution >= 0.6 is 0 Å². The molecular formula is C20H27N3O2. The van der Waals surface area contributed by atoms with E-state index in [-0.39, 0.29) is 12.1 Å². The number of carbonyl (C=O) groups is 1. The number of hydrogen-bond acceptors (Lipinski definition) is 3. The third-order valence-corrected chi connectivity index (χ3v) is 3.96. The summed E-state index contributed by atoms with van der Waals surface area (Å²) in [5.41, 5.74) is 2.22. The summed E-state index contributed by atoms with van der Waals surface area (Å²) in [5.74, 6) is 3.59. The van der Waals surface area contributed by atoms with E-state index < -0.39 is 5.60 Å². The lowest BCUT2D eigenvalue weighted by atomic mass is 10.1. The molecule has 1 heterocycles. The molecule has 0 saturated carbocycles. The normalized spacial score (nSPS) is 18.0. The summed E-state index contributed by atoms with van der Waals surface area (Å²) in [6.07, 6.45) is 6.07. The van der Waals surface area contributed by atoms with Gasteiger partial charge in [-0.15, -0.1) is 6.42 Å². The Balaban J connectivity index is 2.00. The summed E-state index contributed by atoms with van der Waals surface area (Å²) < 4.78 is 5.31. The quantitative estimate of drug-likeness (QED) is 0.508. The van der Waals surface area contributed by atoms with Gasteiger partial charge < -0.3 is 15.0 Å². The van der Waals surface area contributed by atoms with Crippen molar-refractivity contribution in [2.24, 2.45) is 4.99 Å². The molecule has 0 radical (unpaired) electrons. The molecule has 0 unspecified atom stereocenters. The molecule has 5 heteroatoms. The lowest BCUT2D eigenvalue weighted by molar-refractivity contribution is 0.0507. The van der Waals surface area contributed by atoms with E-state index in [4.69, 9.17) is 11.2 Å². The number of hydrogen-bond donors (Lipinski definition) is 1. The topological polar surface area (TPSA) is 53.9 Å². The summed E-state index contributed by atoms with van der Waals surface area (Å²) in [6.45, 7) is 11.1. The molecule has 1 aromatic carbocycles. The molecule has 134 valence electrons. The number of alkyl carbamates (subject to hydrolysis) is 1. The Bertz CT molecular complexity index is 711. The van der Waals surface area contributed by atoms with Gasteiger partial charge in [-0.1, -0.05) is 12.0 Å². The molecule has 1 amide bonds. The van der Waals surface area contributed by atoms with Gasteiger partial charge in [-0.3, -0.25) is 0 Å². The van der Waals surface area contributed by atoms with E-state index in [0.717, 1.165) is 35.6 Å². The third kappa shape index (κ3) is 5.53. The first-order chi connectivity index (χ1) is 11.7. The number of rotatable bonds is 2. The molecule has 1 aliphatic heterocycles. The molecule has 5 nitrogen and oxygen atoms in total. The molecule has 0 aliphatic carbocycles. The number of benzene rings is 1. The van der Waals surface area contributed by atoms with Crippen molar-refractivity contribution in [2.75, 3.05) is 13.1 Å².